The number of rotatable bonds is 4. The molecule has 0 aromatic heterocycles. The van der Waals surface area contributed by atoms with Gasteiger partial charge in [0.05, 0.1) is 0 Å². The van der Waals surface area contributed by atoms with E-state index >= 15 is 0 Å². The van der Waals surface area contributed by atoms with Gasteiger partial charge < -0.3 is 10.5 Å². The summed E-state index contributed by atoms with van der Waals surface area (Å²) in [5.41, 5.74) is 6.84. The third-order valence-electron chi connectivity index (χ3n) is 3.65. The molecule has 2 unspecified atom stereocenters. The van der Waals surface area contributed by atoms with Gasteiger partial charge in [0.1, 0.15) is 5.75 Å². The number of ether oxygens (including phenoxy) is 1. The molecule has 1 aromatic rings. The van der Waals surface area contributed by atoms with Gasteiger partial charge in [-0.25, -0.2) is 0 Å². The predicted octanol–water partition coefficient (Wildman–Crippen LogP) is 3.35. The number of alkyl halides is 2. The maximum atomic E-state index is 12.5. The molecule has 2 atom stereocenters. The fraction of sp³-hybridized carbons (Fsp3) is 0.600. The number of nitrogens with two attached hydrogens (primary N) is 1. The van der Waals surface area contributed by atoms with E-state index in [9.17, 15) is 8.78 Å². The Hall–Kier alpha value is -1.36. The van der Waals surface area contributed by atoms with Crippen LogP contribution in [0.5, 0.6) is 5.75 Å². The molecular formula is C15H22F2N2O. The maximum absolute atomic E-state index is 12.5. The summed E-state index contributed by atoms with van der Waals surface area (Å²) in [5.74, 6) is 1.45. The van der Waals surface area contributed by atoms with Crippen molar-refractivity contribution in [1.29, 1.82) is 0 Å². The minimum Gasteiger partial charge on any atom is -0.434 e. The Labute approximate surface area is 118 Å². The number of halogens is 2. The van der Waals surface area contributed by atoms with Gasteiger partial charge in [-0.1, -0.05) is 19.9 Å². The van der Waals surface area contributed by atoms with E-state index in [4.69, 9.17) is 5.73 Å². The standard InChI is InChI=1S/C15H22F2N2O/c1-10-5-11(2)8-19(7-10)9-12-3-4-13(18)6-14(12)20-15(16)17/h3-4,6,10-11,15H,5,7-9,18H2,1-2H3. The van der Waals surface area contributed by atoms with E-state index in [-0.39, 0.29) is 5.75 Å². The van der Waals surface area contributed by atoms with Crippen LogP contribution in [0, 0.1) is 11.8 Å². The average molecular weight is 284 g/mol. The SMILES string of the molecule is CC1CC(C)CN(Cc2ccc(N)cc2OC(F)F)C1. The smallest absolute Gasteiger partial charge is 0.387 e. The molecule has 1 heterocycles. The van der Waals surface area contributed by atoms with Crippen LogP contribution in [-0.2, 0) is 6.54 Å². The van der Waals surface area contributed by atoms with Crippen LogP contribution in [0.2, 0.25) is 0 Å². The zero-order valence-corrected chi connectivity index (χ0v) is 12.0. The van der Waals surface area contributed by atoms with Gasteiger partial charge >= 0.3 is 6.61 Å². The largest absolute Gasteiger partial charge is 0.434 e. The minimum absolute atomic E-state index is 0.186. The molecule has 1 aliphatic heterocycles. The Morgan fingerprint density at radius 3 is 2.55 bits per heavy atom. The fourth-order valence-electron chi connectivity index (χ4n) is 3.07. The van der Waals surface area contributed by atoms with Crippen molar-refractivity contribution >= 4 is 5.69 Å². The van der Waals surface area contributed by atoms with E-state index in [1.807, 2.05) is 0 Å². The van der Waals surface area contributed by atoms with Gasteiger partial charge in [0.2, 0.25) is 0 Å². The third kappa shape index (κ3) is 4.07. The van der Waals surface area contributed by atoms with Gasteiger partial charge in [-0.05, 0) is 24.3 Å². The highest BCUT2D eigenvalue weighted by atomic mass is 19.3. The molecule has 20 heavy (non-hydrogen) atoms. The van der Waals surface area contributed by atoms with Gasteiger partial charge in [-0.3, -0.25) is 4.90 Å². The molecule has 1 saturated heterocycles. The Bertz CT molecular complexity index is 443. The minimum atomic E-state index is -2.82. The first-order chi connectivity index (χ1) is 9.44. The van der Waals surface area contributed by atoms with Crippen LogP contribution in [0.1, 0.15) is 25.8 Å². The van der Waals surface area contributed by atoms with E-state index < -0.39 is 6.61 Å². The number of piperidine rings is 1. The highest BCUT2D eigenvalue weighted by molar-refractivity contribution is 5.48. The first-order valence-corrected chi connectivity index (χ1v) is 6.99. The first-order valence-electron chi connectivity index (χ1n) is 6.99. The van der Waals surface area contributed by atoms with E-state index in [1.165, 1.54) is 12.5 Å². The highest BCUT2D eigenvalue weighted by Crippen LogP contribution is 2.28. The lowest BCUT2D eigenvalue weighted by molar-refractivity contribution is -0.0508. The van der Waals surface area contributed by atoms with Crippen molar-refractivity contribution in [1.82, 2.24) is 4.90 Å². The molecule has 0 bridgehead atoms. The Morgan fingerprint density at radius 1 is 1.30 bits per heavy atom. The number of nitrogen functional groups attached to an aromatic ring is 1. The summed E-state index contributed by atoms with van der Waals surface area (Å²) in [6, 6.07) is 4.97. The van der Waals surface area contributed by atoms with Crippen molar-refractivity contribution in [3.05, 3.63) is 23.8 Å². The topological polar surface area (TPSA) is 38.5 Å². The summed E-state index contributed by atoms with van der Waals surface area (Å²) in [4.78, 5) is 2.29. The van der Waals surface area contributed by atoms with Crippen molar-refractivity contribution in [2.75, 3.05) is 18.8 Å². The first kappa shape index (κ1) is 15.0. The lowest BCUT2D eigenvalue weighted by Crippen LogP contribution is -2.38. The molecule has 1 aromatic carbocycles. The molecule has 0 saturated carbocycles. The van der Waals surface area contributed by atoms with Gasteiger partial charge in [0, 0.05) is 37.0 Å². The van der Waals surface area contributed by atoms with E-state index in [2.05, 4.69) is 23.5 Å². The second-order valence-electron chi connectivity index (χ2n) is 5.89. The van der Waals surface area contributed by atoms with Crippen LogP contribution in [-0.4, -0.2) is 24.6 Å². The number of likely N-dealkylation sites (tertiary alicyclic amines) is 1. The van der Waals surface area contributed by atoms with Crippen LogP contribution < -0.4 is 10.5 Å². The fourth-order valence-corrected chi connectivity index (χ4v) is 3.07. The van der Waals surface area contributed by atoms with E-state index in [1.54, 1.807) is 12.1 Å². The van der Waals surface area contributed by atoms with Gasteiger partial charge in [0.25, 0.3) is 0 Å². The molecule has 0 aliphatic carbocycles. The Balaban J connectivity index is 2.11. The van der Waals surface area contributed by atoms with E-state index in [0.717, 1.165) is 18.7 Å². The second-order valence-corrected chi connectivity index (χ2v) is 5.89. The predicted molar refractivity (Wildman–Crippen MR) is 75.7 cm³/mol. The zero-order valence-electron chi connectivity index (χ0n) is 12.0. The van der Waals surface area contributed by atoms with Crippen LogP contribution in [0.4, 0.5) is 14.5 Å². The average Bonchev–Trinajstić information content (AvgIpc) is 2.30. The van der Waals surface area contributed by atoms with Gasteiger partial charge in [-0.2, -0.15) is 8.78 Å². The number of nitrogens with zero attached hydrogens (tertiary/aromatic N) is 1. The molecule has 3 nitrogen and oxygen atoms in total. The van der Waals surface area contributed by atoms with E-state index in [0.29, 0.717) is 24.1 Å². The van der Waals surface area contributed by atoms with Gasteiger partial charge in [0.15, 0.2) is 0 Å². The second kappa shape index (κ2) is 6.39. The van der Waals surface area contributed by atoms with Crippen molar-refractivity contribution in [3.8, 4) is 5.75 Å². The quantitative estimate of drug-likeness (QED) is 0.862. The van der Waals surface area contributed by atoms with Crippen LogP contribution in [0.3, 0.4) is 0 Å². The number of anilines is 1. The third-order valence-corrected chi connectivity index (χ3v) is 3.65. The maximum Gasteiger partial charge on any atom is 0.387 e. The number of benzene rings is 1. The van der Waals surface area contributed by atoms with Crippen LogP contribution >= 0.6 is 0 Å². The lowest BCUT2D eigenvalue weighted by Gasteiger charge is -2.35. The summed E-state index contributed by atoms with van der Waals surface area (Å²) < 4.78 is 29.5. The molecule has 0 radical (unpaired) electrons. The summed E-state index contributed by atoms with van der Waals surface area (Å²) in [6.07, 6.45) is 1.22. The van der Waals surface area contributed by atoms with Crippen LogP contribution in [0.15, 0.2) is 18.2 Å². The normalized spacial score (nSPS) is 24.1. The number of hydrogen-bond acceptors (Lipinski definition) is 3. The monoisotopic (exact) mass is 284 g/mol. The van der Waals surface area contributed by atoms with Crippen molar-refractivity contribution < 1.29 is 13.5 Å². The lowest BCUT2D eigenvalue weighted by atomic mass is 9.91. The van der Waals surface area contributed by atoms with Gasteiger partial charge in [-0.15, -0.1) is 0 Å². The van der Waals surface area contributed by atoms with Crippen molar-refractivity contribution in [3.63, 3.8) is 0 Å². The molecule has 112 valence electrons. The molecular weight excluding hydrogens is 262 g/mol. The Morgan fingerprint density at radius 2 is 1.95 bits per heavy atom. The van der Waals surface area contributed by atoms with Crippen molar-refractivity contribution in [2.45, 2.75) is 33.4 Å². The summed E-state index contributed by atoms with van der Waals surface area (Å²) in [6.45, 7) is 4.22. The molecule has 0 amide bonds. The summed E-state index contributed by atoms with van der Waals surface area (Å²) in [5, 5.41) is 0. The number of hydrogen-bond donors (Lipinski definition) is 1. The van der Waals surface area contributed by atoms with Crippen LogP contribution in [0.25, 0.3) is 0 Å². The molecule has 1 fully saturated rings. The molecule has 5 heteroatoms. The van der Waals surface area contributed by atoms with Crippen molar-refractivity contribution in [2.24, 2.45) is 11.8 Å². The summed E-state index contributed by atoms with van der Waals surface area (Å²) >= 11 is 0. The molecule has 1 aliphatic rings. The molecule has 2 N–H and O–H groups in total. The molecule has 0 spiro atoms. The summed E-state index contributed by atoms with van der Waals surface area (Å²) in [7, 11) is 0. The zero-order chi connectivity index (χ0) is 14.7. The Kier molecular flexibility index (Phi) is 4.81. The highest BCUT2D eigenvalue weighted by Gasteiger charge is 2.23. The molecule has 2 rings (SSSR count).